The summed E-state index contributed by atoms with van der Waals surface area (Å²) in [5.74, 6) is -0.406. The Morgan fingerprint density at radius 1 is 1.03 bits per heavy atom. The van der Waals surface area contributed by atoms with E-state index in [1.54, 1.807) is 31.2 Å². The van der Waals surface area contributed by atoms with Gasteiger partial charge in [-0.15, -0.1) is 0 Å². The third-order valence-corrected chi connectivity index (χ3v) is 9.79. The van der Waals surface area contributed by atoms with E-state index < -0.39 is 32.0 Å². The van der Waals surface area contributed by atoms with E-state index in [9.17, 15) is 21.6 Å². The summed E-state index contributed by atoms with van der Waals surface area (Å²) in [4.78, 5) is 13.1. The van der Waals surface area contributed by atoms with Gasteiger partial charge in [-0.05, 0) is 62.6 Å². The molecule has 0 radical (unpaired) electrons. The lowest BCUT2D eigenvalue weighted by Crippen LogP contribution is -2.42. The molecular formula is C23H31N3O5S2. The molecule has 180 valence electrons. The number of nitrogens with zero attached hydrogens (tertiary/aromatic N) is 2. The number of sulfonamides is 2. The number of carbonyl (C=O) groups excluding carboxylic acids is 1. The molecule has 0 spiro atoms. The highest BCUT2D eigenvalue weighted by atomic mass is 32.2. The Kier molecular flexibility index (Phi) is 7.62. The van der Waals surface area contributed by atoms with E-state index in [0.717, 1.165) is 29.1 Å². The number of carbonyl (C=O) groups is 1. The maximum Gasteiger partial charge on any atom is 0.251 e. The van der Waals surface area contributed by atoms with Gasteiger partial charge in [-0.3, -0.25) is 4.79 Å². The minimum absolute atomic E-state index is 0.0689. The molecule has 0 saturated carbocycles. The van der Waals surface area contributed by atoms with E-state index in [1.807, 2.05) is 6.92 Å². The Labute approximate surface area is 196 Å². The van der Waals surface area contributed by atoms with Gasteiger partial charge in [0.15, 0.2) is 0 Å². The quantitative estimate of drug-likeness (QED) is 0.639. The molecule has 33 heavy (non-hydrogen) atoms. The van der Waals surface area contributed by atoms with Gasteiger partial charge in [0, 0.05) is 32.2 Å². The Hall–Kier alpha value is -2.27. The second-order valence-corrected chi connectivity index (χ2v) is 12.6. The maximum absolute atomic E-state index is 13.1. The zero-order valence-corrected chi connectivity index (χ0v) is 21.0. The first kappa shape index (κ1) is 25.4. The molecule has 1 saturated heterocycles. The molecule has 2 aromatic carbocycles. The second-order valence-electron chi connectivity index (χ2n) is 8.54. The lowest BCUT2D eigenvalue weighted by molar-refractivity contribution is 0.0939. The summed E-state index contributed by atoms with van der Waals surface area (Å²) in [5.41, 5.74) is 0.978. The van der Waals surface area contributed by atoms with Crippen LogP contribution >= 0.6 is 0 Å². The molecule has 1 N–H and O–H groups in total. The van der Waals surface area contributed by atoms with Gasteiger partial charge in [0.05, 0.1) is 15.8 Å². The van der Waals surface area contributed by atoms with E-state index in [4.69, 9.17) is 0 Å². The van der Waals surface area contributed by atoms with Crippen molar-refractivity contribution in [3.63, 3.8) is 0 Å². The number of nitrogens with one attached hydrogen (secondary N) is 1. The lowest BCUT2D eigenvalue weighted by Gasteiger charge is -2.32. The first-order valence-electron chi connectivity index (χ1n) is 10.9. The van der Waals surface area contributed by atoms with Gasteiger partial charge in [0.25, 0.3) is 5.91 Å². The SMILES string of the molecule is CC(NC(=O)c1cccc(S(=O)(=O)N2CCCCC2C)c1)c1ccc(S(=O)(=O)N(C)C)cc1. The van der Waals surface area contributed by atoms with Crippen molar-refractivity contribution in [1.29, 1.82) is 0 Å². The summed E-state index contributed by atoms with van der Waals surface area (Å²) < 4.78 is 53.3. The normalized spacial score (nSPS) is 18.8. The summed E-state index contributed by atoms with van der Waals surface area (Å²) in [6, 6.07) is 11.9. The monoisotopic (exact) mass is 493 g/mol. The van der Waals surface area contributed by atoms with Crippen LogP contribution in [0.3, 0.4) is 0 Å². The van der Waals surface area contributed by atoms with E-state index in [1.165, 1.54) is 42.7 Å². The molecule has 1 heterocycles. The van der Waals surface area contributed by atoms with E-state index in [2.05, 4.69) is 5.32 Å². The van der Waals surface area contributed by atoms with Crippen molar-refractivity contribution in [3.8, 4) is 0 Å². The average Bonchev–Trinajstić information content (AvgIpc) is 2.79. The highest BCUT2D eigenvalue weighted by Gasteiger charge is 2.31. The summed E-state index contributed by atoms with van der Waals surface area (Å²) in [6.45, 7) is 4.17. The minimum Gasteiger partial charge on any atom is -0.346 e. The molecule has 2 aromatic rings. The fourth-order valence-corrected chi connectivity index (χ4v) is 6.51. The van der Waals surface area contributed by atoms with E-state index in [-0.39, 0.29) is 21.4 Å². The minimum atomic E-state index is -3.68. The van der Waals surface area contributed by atoms with Gasteiger partial charge < -0.3 is 5.32 Å². The fourth-order valence-electron chi connectivity index (χ4n) is 3.86. The highest BCUT2D eigenvalue weighted by Crippen LogP contribution is 2.26. The molecule has 1 fully saturated rings. The van der Waals surface area contributed by atoms with Crippen LogP contribution in [0.25, 0.3) is 0 Å². The molecule has 8 nitrogen and oxygen atoms in total. The molecule has 0 bridgehead atoms. The zero-order valence-electron chi connectivity index (χ0n) is 19.4. The van der Waals surface area contributed by atoms with Crippen LogP contribution in [-0.4, -0.2) is 58.0 Å². The van der Waals surface area contributed by atoms with Crippen LogP contribution in [0.15, 0.2) is 58.3 Å². The number of hydrogen-bond acceptors (Lipinski definition) is 5. The number of rotatable bonds is 7. The molecule has 10 heteroatoms. The molecule has 1 aliphatic heterocycles. The smallest absolute Gasteiger partial charge is 0.251 e. The van der Waals surface area contributed by atoms with Gasteiger partial charge in [-0.2, -0.15) is 4.31 Å². The van der Waals surface area contributed by atoms with Gasteiger partial charge in [0.1, 0.15) is 0 Å². The molecule has 3 rings (SSSR count). The third-order valence-electron chi connectivity index (χ3n) is 5.95. The third kappa shape index (κ3) is 5.46. The predicted octanol–water partition coefficient (Wildman–Crippen LogP) is 2.99. The van der Waals surface area contributed by atoms with Crippen molar-refractivity contribution >= 4 is 26.0 Å². The van der Waals surface area contributed by atoms with E-state index >= 15 is 0 Å². The van der Waals surface area contributed by atoms with Gasteiger partial charge in [0.2, 0.25) is 20.0 Å². The number of piperidine rings is 1. The average molecular weight is 494 g/mol. The largest absolute Gasteiger partial charge is 0.346 e. The predicted molar refractivity (Wildman–Crippen MR) is 127 cm³/mol. The Morgan fingerprint density at radius 2 is 1.70 bits per heavy atom. The van der Waals surface area contributed by atoms with Crippen molar-refractivity contribution in [2.24, 2.45) is 0 Å². The molecule has 1 amide bonds. The van der Waals surface area contributed by atoms with Crippen molar-refractivity contribution in [2.75, 3.05) is 20.6 Å². The summed E-state index contributed by atoms with van der Waals surface area (Å²) in [6.07, 6.45) is 2.66. The lowest BCUT2D eigenvalue weighted by atomic mass is 10.1. The van der Waals surface area contributed by atoms with Crippen LogP contribution in [0.4, 0.5) is 0 Å². The molecule has 2 unspecified atom stereocenters. The second kappa shape index (κ2) is 9.92. The van der Waals surface area contributed by atoms with Gasteiger partial charge in [-0.25, -0.2) is 21.1 Å². The fraction of sp³-hybridized carbons (Fsp3) is 0.435. The van der Waals surface area contributed by atoms with Crippen molar-refractivity contribution < 1.29 is 21.6 Å². The maximum atomic E-state index is 13.1. The first-order chi connectivity index (χ1) is 15.4. The van der Waals surface area contributed by atoms with Crippen LogP contribution in [0, 0.1) is 0 Å². The van der Waals surface area contributed by atoms with Crippen LogP contribution < -0.4 is 5.32 Å². The van der Waals surface area contributed by atoms with Crippen LogP contribution in [0.1, 0.15) is 55.1 Å². The molecule has 0 aromatic heterocycles. The van der Waals surface area contributed by atoms with Gasteiger partial charge >= 0.3 is 0 Å². The summed E-state index contributed by atoms with van der Waals surface area (Å²) >= 11 is 0. The topological polar surface area (TPSA) is 104 Å². The number of benzene rings is 2. The van der Waals surface area contributed by atoms with Crippen molar-refractivity contribution in [3.05, 3.63) is 59.7 Å². The van der Waals surface area contributed by atoms with Crippen molar-refractivity contribution in [2.45, 2.75) is 55.0 Å². The Morgan fingerprint density at radius 3 is 2.30 bits per heavy atom. The first-order valence-corrected chi connectivity index (χ1v) is 13.8. The standard InChI is InChI=1S/C23H31N3O5S2/c1-17-8-5-6-15-26(17)33(30,31)22-10-7-9-20(16-22)23(27)24-18(2)19-11-13-21(14-12-19)32(28,29)25(3)4/h7,9-14,16-18H,5-6,8,15H2,1-4H3,(H,24,27). The molecule has 0 aliphatic carbocycles. The van der Waals surface area contributed by atoms with E-state index in [0.29, 0.717) is 6.54 Å². The Bertz CT molecular complexity index is 1210. The van der Waals surface area contributed by atoms with Crippen molar-refractivity contribution in [1.82, 2.24) is 13.9 Å². The molecular weight excluding hydrogens is 462 g/mol. The van der Waals surface area contributed by atoms with Crippen LogP contribution in [-0.2, 0) is 20.0 Å². The van der Waals surface area contributed by atoms with Crippen LogP contribution in [0.2, 0.25) is 0 Å². The summed E-state index contributed by atoms with van der Waals surface area (Å²) in [7, 11) is -4.28. The van der Waals surface area contributed by atoms with Gasteiger partial charge in [-0.1, -0.05) is 24.6 Å². The highest BCUT2D eigenvalue weighted by molar-refractivity contribution is 7.89. The molecule has 2 atom stereocenters. The summed E-state index contributed by atoms with van der Waals surface area (Å²) in [5, 5.41) is 2.85. The molecule has 1 aliphatic rings. The number of hydrogen-bond donors (Lipinski definition) is 1. The zero-order chi connectivity index (χ0) is 24.4. The van der Waals surface area contributed by atoms with Crippen LogP contribution in [0.5, 0.6) is 0 Å². The number of amides is 1. The Balaban J connectivity index is 1.76.